The molecule has 1 unspecified atom stereocenters. The van der Waals surface area contributed by atoms with Gasteiger partial charge in [-0.05, 0) is 25.1 Å². The topological polar surface area (TPSA) is 126 Å². The van der Waals surface area contributed by atoms with Gasteiger partial charge in [-0.15, -0.1) is 5.10 Å². The summed E-state index contributed by atoms with van der Waals surface area (Å²) < 4.78 is 34.4. The number of nitrogens with one attached hydrogen (secondary N) is 2. The van der Waals surface area contributed by atoms with E-state index in [0.717, 1.165) is 23.5 Å². The van der Waals surface area contributed by atoms with E-state index < -0.39 is 17.8 Å². The van der Waals surface area contributed by atoms with Gasteiger partial charge in [0.1, 0.15) is 17.8 Å². The third-order valence-electron chi connectivity index (χ3n) is 6.60. The fraction of sp³-hybridized carbons (Fsp3) is 0.185. The normalized spacial score (nSPS) is 14.0. The summed E-state index contributed by atoms with van der Waals surface area (Å²) in [5.74, 6) is -2.35. The maximum absolute atomic E-state index is 13.9. The summed E-state index contributed by atoms with van der Waals surface area (Å²) >= 11 is 6.66. The fourth-order valence-electron chi connectivity index (χ4n) is 4.45. The SMILES string of the molecule is Cc1ncccc1C(Nc1cc(Cl)c2ncc(C#N)c(Nc3cnc(F)c(F)c3)c2c1)c1cn(C2COC2)nn1. The van der Waals surface area contributed by atoms with E-state index in [1.165, 1.54) is 6.20 Å². The molecule has 0 spiro atoms. The van der Waals surface area contributed by atoms with Gasteiger partial charge < -0.3 is 15.4 Å². The van der Waals surface area contributed by atoms with Crippen LogP contribution in [0, 0.1) is 30.0 Å². The van der Waals surface area contributed by atoms with Gasteiger partial charge in [-0.2, -0.15) is 9.65 Å². The zero-order valence-electron chi connectivity index (χ0n) is 20.9. The number of anilines is 3. The lowest BCUT2D eigenvalue weighted by Gasteiger charge is -2.25. The Kier molecular flexibility index (Phi) is 6.67. The van der Waals surface area contributed by atoms with E-state index in [1.54, 1.807) is 23.0 Å². The second kappa shape index (κ2) is 10.4. The van der Waals surface area contributed by atoms with Crippen molar-refractivity contribution in [3.8, 4) is 6.07 Å². The van der Waals surface area contributed by atoms with Crippen LogP contribution in [0.1, 0.15) is 34.6 Å². The highest BCUT2D eigenvalue weighted by Gasteiger charge is 2.26. The summed E-state index contributed by atoms with van der Waals surface area (Å²) in [6.07, 6.45) is 6.08. The molecule has 5 heterocycles. The average molecular weight is 560 g/mol. The number of hydrogen-bond acceptors (Lipinski definition) is 9. The van der Waals surface area contributed by atoms with E-state index >= 15 is 0 Å². The van der Waals surface area contributed by atoms with Crippen molar-refractivity contribution >= 4 is 39.6 Å². The quantitative estimate of drug-likeness (QED) is 0.257. The van der Waals surface area contributed by atoms with Gasteiger partial charge in [0.25, 0.3) is 0 Å². The number of ether oxygens (including phenoxy) is 1. The van der Waals surface area contributed by atoms with Crippen LogP contribution in [0.3, 0.4) is 0 Å². The molecule has 6 rings (SSSR count). The molecule has 2 N–H and O–H groups in total. The molecule has 4 aromatic heterocycles. The second-order valence-corrected chi connectivity index (χ2v) is 9.61. The smallest absolute Gasteiger partial charge is 0.249 e. The van der Waals surface area contributed by atoms with E-state index in [-0.39, 0.29) is 17.3 Å². The van der Waals surface area contributed by atoms with Crippen LogP contribution in [0.5, 0.6) is 0 Å². The Hall–Kier alpha value is -4.73. The molecular formula is C27H20ClF2N9O. The van der Waals surface area contributed by atoms with Crippen LogP contribution in [0.25, 0.3) is 10.9 Å². The number of rotatable bonds is 7. The molecule has 40 heavy (non-hydrogen) atoms. The van der Waals surface area contributed by atoms with Gasteiger partial charge in [0.05, 0.1) is 59.1 Å². The largest absolute Gasteiger partial charge is 0.377 e. The van der Waals surface area contributed by atoms with Gasteiger partial charge in [0.2, 0.25) is 5.95 Å². The first-order chi connectivity index (χ1) is 19.4. The molecule has 1 saturated heterocycles. The van der Waals surface area contributed by atoms with E-state index in [9.17, 15) is 14.0 Å². The molecule has 10 nitrogen and oxygen atoms in total. The van der Waals surface area contributed by atoms with Gasteiger partial charge >= 0.3 is 0 Å². The Morgan fingerprint density at radius 2 is 2.00 bits per heavy atom. The van der Waals surface area contributed by atoms with Gasteiger partial charge in [-0.3, -0.25) is 9.97 Å². The lowest BCUT2D eigenvalue weighted by atomic mass is 10.0. The van der Waals surface area contributed by atoms with Crippen molar-refractivity contribution < 1.29 is 13.5 Å². The van der Waals surface area contributed by atoms with Crippen LogP contribution in [-0.2, 0) is 4.74 Å². The maximum Gasteiger partial charge on any atom is 0.249 e. The molecule has 1 aromatic carbocycles. The van der Waals surface area contributed by atoms with E-state index in [4.69, 9.17) is 16.3 Å². The zero-order chi connectivity index (χ0) is 27.8. The molecule has 0 radical (unpaired) electrons. The molecule has 13 heteroatoms. The highest BCUT2D eigenvalue weighted by atomic mass is 35.5. The predicted octanol–water partition coefficient (Wildman–Crippen LogP) is 5.24. The van der Waals surface area contributed by atoms with Crippen LogP contribution < -0.4 is 10.6 Å². The summed E-state index contributed by atoms with van der Waals surface area (Å²) in [6, 6.07) is 10.00. The summed E-state index contributed by atoms with van der Waals surface area (Å²) in [7, 11) is 0. The van der Waals surface area contributed by atoms with Crippen molar-refractivity contribution in [2.75, 3.05) is 23.8 Å². The van der Waals surface area contributed by atoms with Crippen LogP contribution in [0.2, 0.25) is 5.02 Å². The zero-order valence-corrected chi connectivity index (χ0v) is 21.7. The average Bonchev–Trinajstić information content (AvgIpc) is 3.38. The van der Waals surface area contributed by atoms with Crippen molar-refractivity contribution in [2.24, 2.45) is 0 Å². The molecule has 0 aliphatic carbocycles. The summed E-state index contributed by atoms with van der Waals surface area (Å²) in [6.45, 7) is 3.05. The van der Waals surface area contributed by atoms with Crippen LogP contribution >= 0.6 is 11.6 Å². The molecule has 0 bridgehead atoms. The summed E-state index contributed by atoms with van der Waals surface area (Å²) in [4.78, 5) is 12.2. The van der Waals surface area contributed by atoms with Crippen molar-refractivity contribution in [1.82, 2.24) is 29.9 Å². The third-order valence-corrected chi connectivity index (χ3v) is 6.89. The van der Waals surface area contributed by atoms with Gasteiger partial charge in [0.15, 0.2) is 5.82 Å². The van der Waals surface area contributed by atoms with Crippen molar-refractivity contribution in [3.63, 3.8) is 0 Å². The van der Waals surface area contributed by atoms with Gasteiger partial charge in [0, 0.05) is 40.8 Å². The molecule has 1 atom stereocenters. The number of aromatic nitrogens is 6. The fourth-order valence-corrected chi connectivity index (χ4v) is 4.72. The summed E-state index contributed by atoms with van der Waals surface area (Å²) in [5.41, 5.74) is 3.99. The minimum absolute atomic E-state index is 0.127. The van der Waals surface area contributed by atoms with Gasteiger partial charge in [-0.25, -0.2) is 14.1 Å². The number of aryl methyl sites for hydroxylation is 1. The number of fused-ring (bicyclic) bond motifs is 1. The molecule has 1 aliphatic rings. The Labute approximate surface area is 231 Å². The molecule has 0 saturated carbocycles. The number of hydrogen-bond donors (Lipinski definition) is 2. The van der Waals surface area contributed by atoms with Crippen LogP contribution in [0.15, 0.2) is 55.1 Å². The van der Waals surface area contributed by atoms with Crippen molar-refractivity contribution in [2.45, 2.75) is 19.0 Å². The minimum Gasteiger partial charge on any atom is -0.377 e. The predicted molar refractivity (Wildman–Crippen MR) is 143 cm³/mol. The highest BCUT2D eigenvalue weighted by molar-refractivity contribution is 6.36. The van der Waals surface area contributed by atoms with E-state index in [1.807, 2.05) is 25.3 Å². The Morgan fingerprint density at radius 3 is 2.73 bits per heavy atom. The van der Waals surface area contributed by atoms with E-state index in [2.05, 4.69) is 42.0 Å². The van der Waals surface area contributed by atoms with Crippen molar-refractivity contribution in [3.05, 3.63) is 94.4 Å². The lowest BCUT2D eigenvalue weighted by molar-refractivity contribution is -0.0293. The molecular weight excluding hydrogens is 540 g/mol. The first kappa shape index (κ1) is 25.5. The number of nitriles is 1. The minimum atomic E-state index is -1.22. The number of halogens is 3. The van der Waals surface area contributed by atoms with E-state index in [0.29, 0.717) is 46.2 Å². The molecule has 0 amide bonds. The highest BCUT2D eigenvalue weighted by Crippen LogP contribution is 2.37. The Bertz CT molecular complexity index is 1780. The first-order valence-corrected chi connectivity index (χ1v) is 12.6. The molecule has 1 aliphatic heterocycles. The lowest BCUT2D eigenvalue weighted by Crippen LogP contribution is -2.31. The Balaban J connectivity index is 1.44. The first-order valence-electron chi connectivity index (χ1n) is 12.2. The van der Waals surface area contributed by atoms with Crippen molar-refractivity contribution in [1.29, 1.82) is 5.26 Å². The standard InChI is InChI=1S/C27H20ClF2N9O/c1-14-19(3-2-4-32-14)26(23-11-39(38-37-23)18-12-40-13-18)35-16-5-20-24(36-17-7-22(29)27(30)34-10-17)15(8-31)9-33-25(20)21(28)6-16/h2-7,9-11,18,26,35H,12-13H2,1H3,(H,33,36). The third kappa shape index (κ3) is 4.76. The van der Waals surface area contributed by atoms with Crippen LogP contribution in [0.4, 0.5) is 25.8 Å². The second-order valence-electron chi connectivity index (χ2n) is 9.20. The monoisotopic (exact) mass is 559 g/mol. The number of benzene rings is 1. The Morgan fingerprint density at radius 1 is 1.15 bits per heavy atom. The van der Waals surface area contributed by atoms with Gasteiger partial charge in [-0.1, -0.05) is 22.9 Å². The van der Waals surface area contributed by atoms with Crippen LogP contribution in [-0.4, -0.2) is 43.2 Å². The molecule has 200 valence electrons. The molecule has 5 aromatic rings. The molecule has 1 fully saturated rings. The number of pyridine rings is 3. The maximum atomic E-state index is 13.9. The summed E-state index contributed by atoms with van der Waals surface area (Å²) in [5, 5.41) is 25.8. The number of nitrogens with zero attached hydrogens (tertiary/aromatic N) is 7.